The normalized spacial score (nSPS) is 12.2. The SMILES string of the molecule is CC(=O)Oc1c(C)cc(C=c2sc3nc(-c4oc5ccccc5c4C)nn3c2=O)cc1C. The molecule has 8 heteroatoms. The molecule has 0 aliphatic carbocycles. The van der Waals surface area contributed by atoms with E-state index < -0.39 is 0 Å². The van der Waals surface area contributed by atoms with Gasteiger partial charge in [-0.05, 0) is 61.7 Å². The lowest BCUT2D eigenvalue weighted by Gasteiger charge is -2.10. The third kappa shape index (κ3) is 3.29. The second kappa shape index (κ2) is 7.42. The first-order valence-corrected chi connectivity index (χ1v) is 10.8. The van der Waals surface area contributed by atoms with Gasteiger partial charge in [0.05, 0.1) is 4.53 Å². The smallest absolute Gasteiger partial charge is 0.308 e. The maximum absolute atomic E-state index is 13.0. The predicted molar refractivity (Wildman–Crippen MR) is 123 cm³/mol. The molecule has 5 rings (SSSR count). The van der Waals surface area contributed by atoms with E-state index >= 15 is 0 Å². The molecule has 3 heterocycles. The number of hydrogen-bond donors (Lipinski definition) is 0. The summed E-state index contributed by atoms with van der Waals surface area (Å²) in [6.07, 6.45) is 1.80. The van der Waals surface area contributed by atoms with E-state index in [1.165, 1.54) is 22.8 Å². The Kier molecular flexibility index (Phi) is 4.67. The van der Waals surface area contributed by atoms with Gasteiger partial charge in [-0.3, -0.25) is 9.59 Å². The van der Waals surface area contributed by atoms with E-state index in [9.17, 15) is 9.59 Å². The van der Waals surface area contributed by atoms with Crippen LogP contribution in [0.25, 0.3) is 33.6 Å². The zero-order valence-electron chi connectivity index (χ0n) is 17.9. The van der Waals surface area contributed by atoms with Crippen molar-refractivity contribution in [1.82, 2.24) is 14.6 Å². The molecule has 0 radical (unpaired) electrons. The van der Waals surface area contributed by atoms with Crippen molar-refractivity contribution in [3.63, 3.8) is 0 Å². The van der Waals surface area contributed by atoms with Gasteiger partial charge in [0.2, 0.25) is 10.8 Å². The van der Waals surface area contributed by atoms with Gasteiger partial charge in [-0.2, -0.15) is 9.50 Å². The third-order valence-electron chi connectivity index (χ3n) is 5.25. The van der Waals surface area contributed by atoms with Gasteiger partial charge < -0.3 is 9.15 Å². The molecule has 5 aromatic rings. The predicted octanol–water partition coefficient (Wildman–Crippen LogP) is 3.96. The summed E-state index contributed by atoms with van der Waals surface area (Å²) in [5.41, 5.74) is 3.94. The van der Waals surface area contributed by atoms with Crippen molar-refractivity contribution in [2.75, 3.05) is 0 Å². The lowest BCUT2D eigenvalue weighted by atomic mass is 10.1. The number of thiazole rings is 1. The molecule has 160 valence electrons. The molecule has 3 aromatic heterocycles. The van der Waals surface area contributed by atoms with Gasteiger partial charge in [0.25, 0.3) is 5.56 Å². The fourth-order valence-electron chi connectivity index (χ4n) is 3.84. The van der Waals surface area contributed by atoms with Gasteiger partial charge in [0.15, 0.2) is 5.76 Å². The monoisotopic (exact) mass is 445 g/mol. The summed E-state index contributed by atoms with van der Waals surface area (Å²) < 4.78 is 13.0. The largest absolute Gasteiger partial charge is 0.452 e. The Morgan fingerprint density at radius 1 is 1.16 bits per heavy atom. The van der Waals surface area contributed by atoms with E-state index in [0.29, 0.717) is 26.8 Å². The molecule has 32 heavy (non-hydrogen) atoms. The van der Waals surface area contributed by atoms with Gasteiger partial charge in [0.1, 0.15) is 11.3 Å². The number of benzene rings is 2. The summed E-state index contributed by atoms with van der Waals surface area (Å²) in [6, 6.07) is 11.5. The highest BCUT2D eigenvalue weighted by Gasteiger charge is 2.19. The van der Waals surface area contributed by atoms with E-state index in [2.05, 4.69) is 10.1 Å². The number of aryl methyl sites for hydroxylation is 3. The molecule has 0 fully saturated rings. The van der Waals surface area contributed by atoms with E-state index in [0.717, 1.165) is 33.2 Å². The van der Waals surface area contributed by atoms with E-state index in [1.807, 2.05) is 57.2 Å². The molecule has 0 amide bonds. The van der Waals surface area contributed by atoms with Crippen molar-refractivity contribution in [1.29, 1.82) is 0 Å². The number of aromatic nitrogens is 3. The summed E-state index contributed by atoms with van der Waals surface area (Å²) in [7, 11) is 0. The van der Waals surface area contributed by atoms with Crippen LogP contribution in [0.3, 0.4) is 0 Å². The van der Waals surface area contributed by atoms with E-state index in [-0.39, 0.29) is 11.5 Å². The van der Waals surface area contributed by atoms with Crippen LogP contribution in [0.5, 0.6) is 5.75 Å². The number of hydrogen-bond acceptors (Lipinski definition) is 7. The van der Waals surface area contributed by atoms with Crippen LogP contribution in [-0.2, 0) is 4.79 Å². The minimum atomic E-state index is -0.365. The molecule has 7 nitrogen and oxygen atoms in total. The number of esters is 1. The number of furan rings is 1. The summed E-state index contributed by atoms with van der Waals surface area (Å²) >= 11 is 1.27. The maximum Gasteiger partial charge on any atom is 0.308 e. The molecule has 0 unspecified atom stereocenters. The third-order valence-corrected chi connectivity index (χ3v) is 6.21. The first-order valence-electron chi connectivity index (χ1n) is 10.0. The van der Waals surface area contributed by atoms with Crippen molar-refractivity contribution >= 4 is 39.3 Å². The quantitative estimate of drug-likeness (QED) is 0.309. The number of rotatable bonds is 3. The highest BCUT2D eigenvalue weighted by Crippen LogP contribution is 2.31. The van der Waals surface area contributed by atoms with Crippen LogP contribution in [0.2, 0.25) is 0 Å². The van der Waals surface area contributed by atoms with Gasteiger partial charge in [-0.15, -0.1) is 5.10 Å². The Morgan fingerprint density at radius 2 is 1.88 bits per heavy atom. The van der Waals surface area contributed by atoms with Gasteiger partial charge >= 0.3 is 5.97 Å². The minimum absolute atomic E-state index is 0.239. The molecule has 0 saturated carbocycles. The summed E-state index contributed by atoms with van der Waals surface area (Å²) in [6.45, 7) is 7.06. The molecule has 0 atom stereocenters. The summed E-state index contributed by atoms with van der Waals surface area (Å²) in [4.78, 5) is 29.3. The lowest BCUT2D eigenvalue weighted by molar-refractivity contribution is -0.131. The molecular weight excluding hydrogens is 426 g/mol. The van der Waals surface area contributed by atoms with Crippen molar-refractivity contribution in [3.05, 3.63) is 73.5 Å². The number of ether oxygens (including phenoxy) is 1. The number of nitrogens with zero attached hydrogens (tertiary/aromatic N) is 3. The van der Waals surface area contributed by atoms with Crippen LogP contribution < -0.4 is 14.8 Å². The van der Waals surface area contributed by atoms with Crippen LogP contribution in [0.1, 0.15) is 29.2 Å². The molecule has 0 saturated heterocycles. The van der Waals surface area contributed by atoms with Crippen LogP contribution >= 0.6 is 11.3 Å². The Balaban J connectivity index is 1.57. The number of carbonyl (C=O) groups is 1. The number of para-hydroxylation sites is 1. The number of carbonyl (C=O) groups excluding carboxylic acids is 1. The van der Waals surface area contributed by atoms with Crippen molar-refractivity contribution in [2.24, 2.45) is 0 Å². The minimum Gasteiger partial charge on any atom is -0.452 e. The van der Waals surface area contributed by atoms with Crippen LogP contribution in [-0.4, -0.2) is 20.6 Å². The topological polar surface area (TPSA) is 86.7 Å². The van der Waals surface area contributed by atoms with Crippen molar-refractivity contribution in [2.45, 2.75) is 27.7 Å². The van der Waals surface area contributed by atoms with Crippen molar-refractivity contribution in [3.8, 4) is 17.3 Å². The molecule has 0 N–H and O–H groups in total. The first-order chi connectivity index (χ1) is 15.3. The van der Waals surface area contributed by atoms with Crippen LogP contribution in [0.15, 0.2) is 45.6 Å². The summed E-state index contributed by atoms with van der Waals surface area (Å²) in [5, 5.41) is 5.41. The maximum atomic E-state index is 13.0. The van der Waals surface area contributed by atoms with E-state index in [1.54, 1.807) is 6.08 Å². The second-order valence-corrected chi connectivity index (χ2v) is 8.68. The average Bonchev–Trinajstić information content (AvgIpc) is 3.38. The fraction of sp³-hybridized carbons (Fsp3) is 0.167. The Hall–Kier alpha value is -3.78. The molecule has 0 bridgehead atoms. The van der Waals surface area contributed by atoms with Gasteiger partial charge in [0, 0.05) is 17.9 Å². The fourth-order valence-corrected chi connectivity index (χ4v) is 4.75. The molecule has 0 aliphatic heterocycles. The zero-order chi connectivity index (χ0) is 22.6. The molecule has 2 aromatic carbocycles. The van der Waals surface area contributed by atoms with Crippen LogP contribution in [0, 0.1) is 20.8 Å². The van der Waals surface area contributed by atoms with Gasteiger partial charge in [-0.25, -0.2) is 0 Å². The Morgan fingerprint density at radius 3 is 2.53 bits per heavy atom. The highest BCUT2D eigenvalue weighted by atomic mass is 32.1. The van der Waals surface area contributed by atoms with E-state index in [4.69, 9.17) is 9.15 Å². The Bertz CT molecular complexity index is 1620. The average molecular weight is 446 g/mol. The second-order valence-electron chi connectivity index (χ2n) is 7.68. The summed E-state index contributed by atoms with van der Waals surface area (Å²) in [5.74, 6) is 1.15. The number of fused-ring (bicyclic) bond motifs is 2. The molecule has 0 aliphatic rings. The first kappa shape index (κ1) is 20.1. The molecule has 0 spiro atoms. The van der Waals surface area contributed by atoms with Crippen molar-refractivity contribution < 1.29 is 13.9 Å². The zero-order valence-corrected chi connectivity index (χ0v) is 18.7. The van der Waals surface area contributed by atoms with Gasteiger partial charge in [-0.1, -0.05) is 29.5 Å². The standard InChI is InChI=1S/C24H19N3O4S/c1-12-9-16(10-13(2)20(12)30-15(4)28)11-19-23(29)27-24(32-19)25-22(26-27)21-14(3)17-7-5-6-8-18(17)31-21/h5-11H,1-4H3. The van der Waals surface area contributed by atoms with Crippen LogP contribution in [0.4, 0.5) is 0 Å². The lowest BCUT2D eigenvalue weighted by Crippen LogP contribution is -2.23. The molecular formula is C24H19N3O4S. The highest BCUT2D eigenvalue weighted by molar-refractivity contribution is 7.15. The Labute approximate surface area is 186 Å².